The summed E-state index contributed by atoms with van der Waals surface area (Å²) in [6.45, 7) is 0. The Balaban J connectivity index is 2.54. The van der Waals surface area contributed by atoms with Crippen molar-refractivity contribution in [3.05, 3.63) is 0 Å². The highest BCUT2D eigenvalue weighted by Gasteiger charge is 2.42. The molecule has 1 aliphatic carbocycles. The van der Waals surface area contributed by atoms with Crippen LogP contribution in [0.25, 0.3) is 0 Å². The maximum atomic E-state index is 10.2. The molecule has 0 amide bonds. The second-order valence-corrected chi connectivity index (χ2v) is 4.63. The molecule has 3 heteroatoms. The summed E-state index contributed by atoms with van der Waals surface area (Å²) in [5.74, 6) is 0. The predicted molar refractivity (Wildman–Crippen MR) is 39.7 cm³/mol. The van der Waals surface area contributed by atoms with E-state index in [1.165, 1.54) is 0 Å². The first-order valence-corrected chi connectivity index (χ1v) is 4.19. The average molecular weight is 242 g/mol. The van der Waals surface area contributed by atoms with E-state index in [2.05, 4.69) is 31.9 Å². The quantitative estimate of drug-likeness (QED) is 0.506. The number of aldehydes is 1. The van der Waals surface area contributed by atoms with Crippen molar-refractivity contribution in [1.82, 2.24) is 0 Å². The molecule has 0 aromatic rings. The van der Waals surface area contributed by atoms with Gasteiger partial charge in [-0.25, -0.2) is 0 Å². The summed E-state index contributed by atoms with van der Waals surface area (Å²) in [6, 6.07) is 0. The molecule has 2 unspecified atom stereocenters. The fraction of sp³-hybridized carbons (Fsp3) is 0.800. The highest BCUT2D eigenvalue weighted by atomic mass is 79.9. The lowest BCUT2D eigenvalue weighted by Crippen LogP contribution is -2.43. The van der Waals surface area contributed by atoms with Crippen LogP contribution in [0.5, 0.6) is 0 Å². The number of rotatable bonds is 1. The maximum Gasteiger partial charge on any atom is 0.137 e. The molecule has 0 radical (unpaired) electrons. The van der Waals surface area contributed by atoms with Crippen LogP contribution in [0, 0.1) is 0 Å². The normalized spacial score (nSPS) is 45.5. The molecular weight excluding hydrogens is 236 g/mol. The molecule has 0 bridgehead atoms. The van der Waals surface area contributed by atoms with E-state index < -0.39 is 0 Å². The first-order chi connectivity index (χ1) is 3.69. The van der Waals surface area contributed by atoms with E-state index in [-0.39, 0.29) is 4.32 Å². The molecule has 0 N–H and O–H groups in total. The summed E-state index contributed by atoms with van der Waals surface area (Å²) < 4.78 is -0.229. The first-order valence-electron chi connectivity index (χ1n) is 2.48. The number of carbonyl (C=O) groups is 1. The van der Waals surface area contributed by atoms with Crippen LogP contribution in [0.1, 0.15) is 12.8 Å². The fourth-order valence-electron chi connectivity index (χ4n) is 0.662. The summed E-state index contributed by atoms with van der Waals surface area (Å²) in [5.41, 5.74) is 0. The molecule has 0 aromatic carbocycles. The second-order valence-electron chi connectivity index (χ2n) is 2.05. The van der Waals surface area contributed by atoms with E-state index in [1.807, 2.05) is 0 Å². The summed E-state index contributed by atoms with van der Waals surface area (Å²) >= 11 is 6.68. The van der Waals surface area contributed by atoms with Gasteiger partial charge >= 0.3 is 0 Å². The second kappa shape index (κ2) is 2.10. The molecule has 46 valence electrons. The van der Waals surface area contributed by atoms with Gasteiger partial charge in [0.15, 0.2) is 0 Å². The monoisotopic (exact) mass is 240 g/mol. The zero-order valence-electron chi connectivity index (χ0n) is 4.23. The fourth-order valence-corrected chi connectivity index (χ4v) is 1.69. The van der Waals surface area contributed by atoms with Gasteiger partial charge in [0, 0.05) is 4.83 Å². The standard InChI is InChI=1S/C5H6Br2O/c6-4-1-2-5(4,7)3-8/h3-4H,1-2H2. The third kappa shape index (κ3) is 0.860. The van der Waals surface area contributed by atoms with Crippen LogP contribution in [0.15, 0.2) is 0 Å². The minimum atomic E-state index is -0.229. The van der Waals surface area contributed by atoms with Crippen molar-refractivity contribution in [3.63, 3.8) is 0 Å². The molecule has 0 spiro atoms. The van der Waals surface area contributed by atoms with E-state index >= 15 is 0 Å². The van der Waals surface area contributed by atoms with E-state index in [0.29, 0.717) is 4.83 Å². The van der Waals surface area contributed by atoms with Crippen LogP contribution in [0.2, 0.25) is 0 Å². The Morgan fingerprint density at radius 2 is 2.38 bits per heavy atom. The van der Waals surface area contributed by atoms with Gasteiger partial charge in [-0.1, -0.05) is 31.9 Å². The minimum absolute atomic E-state index is 0.229. The molecule has 1 rings (SSSR count). The number of hydrogen-bond acceptors (Lipinski definition) is 1. The molecule has 0 heterocycles. The van der Waals surface area contributed by atoms with Crippen LogP contribution >= 0.6 is 31.9 Å². The lowest BCUT2D eigenvalue weighted by Gasteiger charge is -2.36. The highest BCUT2D eigenvalue weighted by molar-refractivity contribution is 9.13. The molecule has 0 aromatic heterocycles. The van der Waals surface area contributed by atoms with E-state index in [9.17, 15) is 4.79 Å². The summed E-state index contributed by atoms with van der Waals surface area (Å²) in [7, 11) is 0. The Labute approximate surface area is 65.1 Å². The first kappa shape index (κ1) is 6.75. The maximum absolute atomic E-state index is 10.2. The summed E-state index contributed by atoms with van der Waals surface area (Å²) in [5, 5.41) is 0. The average Bonchev–Trinajstić information content (AvgIpc) is 1.83. The van der Waals surface area contributed by atoms with Crippen molar-refractivity contribution >= 4 is 38.1 Å². The Hall–Kier alpha value is 0.630. The Kier molecular flexibility index (Phi) is 1.77. The van der Waals surface area contributed by atoms with Gasteiger partial charge in [0.25, 0.3) is 0 Å². The predicted octanol–water partition coefficient (Wildman–Crippen LogP) is 1.88. The van der Waals surface area contributed by atoms with Gasteiger partial charge in [-0.3, -0.25) is 0 Å². The molecule has 1 saturated carbocycles. The van der Waals surface area contributed by atoms with Crippen LogP contribution in [0.3, 0.4) is 0 Å². The van der Waals surface area contributed by atoms with Crippen LogP contribution in [-0.2, 0) is 4.79 Å². The van der Waals surface area contributed by atoms with Gasteiger partial charge in [-0.15, -0.1) is 0 Å². The number of halogens is 2. The Morgan fingerprint density at radius 1 is 1.75 bits per heavy atom. The van der Waals surface area contributed by atoms with Crippen LogP contribution in [0.4, 0.5) is 0 Å². The van der Waals surface area contributed by atoms with E-state index in [0.717, 1.165) is 19.1 Å². The van der Waals surface area contributed by atoms with Crippen molar-refractivity contribution in [1.29, 1.82) is 0 Å². The minimum Gasteiger partial charge on any atom is -0.302 e. The number of carbonyl (C=O) groups excluding carboxylic acids is 1. The zero-order chi connectivity index (χ0) is 6.20. The molecule has 2 atom stereocenters. The van der Waals surface area contributed by atoms with Crippen LogP contribution < -0.4 is 0 Å². The van der Waals surface area contributed by atoms with Crippen molar-refractivity contribution in [2.75, 3.05) is 0 Å². The van der Waals surface area contributed by atoms with Crippen LogP contribution in [-0.4, -0.2) is 15.4 Å². The number of alkyl halides is 2. The SMILES string of the molecule is O=CC1(Br)CCC1Br. The largest absolute Gasteiger partial charge is 0.302 e. The summed E-state index contributed by atoms with van der Waals surface area (Å²) in [4.78, 5) is 10.6. The highest BCUT2D eigenvalue weighted by Crippen LogP contribution is 2.43. The third-order valence-electron chi connectivity index (χ3n) is 1.50. The van der Waals surface area contributed by atoms with E-state index in [1.54, 1.807) is 0 Å². The van der Waals surface area contributed by atoms with Gasteiger partial charge in [0.2, 0.25) is 0 Å². The molecule has 1 aliphatic rings. The molecule has 1 fully saturated rings. The van der Waals surface area contributed by atoms with Crippen molar-refractivity contribution in [3.8, 4) is 0 Å². The van der Waals surface area contributed by atoms with Gasteiger partial charge in [0.1, 0.15) is 6.29 Å². The smallest absolute Gasteiger partial charge is 0.137 e. The van der Waals surface area contributed by atoms with Gasteiger partial charge in [0.05, 0.1) is 4.32 Å². The molecular formula is C5H6Br2O. The Morgan fingerprint density at radius 3 is 2.38 bits per heavy atom. The molecule has 1 nitrogen and oxygen atoms in total. The molecule has 0 saturated heterocycles. The zero-order valence-corrected chi connectivity index (χ0v) is 7.41. The number of hydrogen-bond donors (Lipinski definition) is 0. The Bertz CT molecular complexity index is 115. The molecule has 8 heavy (non-hydrogen) atoms. The van der Waals surface area contributed by atoms with Crippen molar-refractivity contribution in [2.45, 2.75) is 22.0 Å². The van der Waals surface area contributed by atoms with Gasteiger partial charge in [-0.2, -0.15) is 0 Å². The lowest BCUT2D eigenvalue weighted by molar-refractivity contribution is -0.110. The molecule has 0 aliphatic heterocycles. The van der Waals surface area contributed by atoms with E-state index in [4.69, 9.17) is 0 Å². The third-order valence-corrected chi connectivity index (χ3v) is 4.52. The van der Waals surface area contributed by atoms with Gasteiger partial charge in [-0.05, 0) is 12.8 Å². The van der Waals surface area contributed by atoms with Gasteiger partial charge < -0.3 is 4.79 Å². The van der Waals surface area contributed by atoms with Crippen molar-refractivity contribution in [2.24, 2.45) is 0 Å². The van der Waals surface area contributed by atoms with Crippen molar-refractivity contribution < 1.29 is 4.79 Å². The topological polar surface area (TPSA) is 17.1 Å². The summed E-state index contributed by atoms with van der Waals surface area (Å²) in [6.07, 6.45) is 3.03. The lowest BCUT2D eigenvalue weighted by atomic mass is 9.86.